The van der Waals surface area contributed by atoms with Gasteiger partial charge in [0.2, 0.25) is 0 Å². The van der Waals surface area contributed by atoms with Gasteiger partial charge in [0.25, 0.3) is 0 Å². The second kappa shape index (κ2) is 13.4. The molecule has 3 aromatic carbocycles. The smallest absolute Gasteiger partial charge is 0.148 e. The van der Waals surface area contributed by atoms with Crippen LogP contribution >= 0.6 is 0 Å². The van der Waals surface area contributed by atoms with Gasteiger partial charge in [-0.2, -0.15) is 0 Å². The second-order valence-corrected chi connectivity index (χ2v) is 10.7. The van der Waals surface area contributed by atoms with Crippen LogP contribution in [-0.2, 0) is 0 Å². The van der Waals surface area contributed by atoms with E-state index in [-0.39, 0.29) is 6.61 Å². The molecule has 2 N–H and O–H groups in total. The number of rotatable bonds is 14. The first kappa shape index (κ1) is 29.0. The van der Waals surface area contributed by atoms with Crippen molar-refractivity contribution in [1.29, 1.82) is 0 Å². The Bertz CT molecular complexity index is 1680. The third-order valence-corrected chi connectivity index (χ3v) is 6.76. The summed E-state index contributed by atoms with van der Waals surface area (Å²) in [6.45, 7) is 3.42. The van der Waals surface area contributed by atoms with Gasteiger partial charge in [-0.1, -0.05) is 12.0 Å². The first-order chi connectivity index (χ1) is 20.4. The number of hydrogen-bond acceptors (Lipinski definition) is 7. The van der Waals surface area contributed by atoms with E-state index in [1.165, 1.54) is 0 Å². The number of aromatic nitrogens is 4. The third kappa shape index (κ3) is 7.21. The molecule has 5 aromatic rings. The standard InChI is InChI=1S/C33H38N6O3/c1-6-17-42-31-20-23(32-34-27-13-10-24(21-29(27)36-32)40-18-7-15-38(2)3)9-12-26(31)33-35-28-14-11-25(22-30(28)37-33)41-19-8-16-39(4)5/h1,9-14,20-22H,7-8,15-19H2,2-5H3,(H,34,36)(H,35,37). The van der Waals surface area contributed by atoms with Crippen LogP contribution in [0, 0.1) is 12.3 Å². The molecule has 0 radical (unpaired) electrons. The molecule has 42 heavy (non-hydrogen) atoms. The zero-order valence-corrected chi connectivity index (χ0v) is 24.7. The molecule has 0 bridgehead atoms. The maximum absolute atomic E-state index is 5.98. The Kier molecular flexibility index (Phi) is 9.27. The molecule has 218 valence electrons. The van der Waals surface area contributed by atoms with Gasteiger partial charge in [-0.3, -0.25) is 0 Å². The minimum atomic E-state index is 0.135. The average Bonchev–Trinajstić information content (AvgIpc) is 3.60. The molecule has 0 aliphatic heterocycles. The summed E-state index contributed by atoms with van der Waals surface area (Å²) in [6.07, 6.45) is 7.45. The Morgan fingerprint density at radius 1 is 0.714 bits per heavy atom. The van der Waals surface area contributed by atoms with Gasteiger partial charge in [-0.05, 0) is 77.4 Å². The van der Waals surface area contributed by atoms with Crippen molar-refractivity contribution in [3.05, 3.63) is 54.6 Å². The molecule has 9 nitrogen and oxygen atoms in total. The average molecular weight is 567 g/mol. The van der Waals surface area contributed by atoms with Crippen LogP contribution in [0.5, 0.6) is 17.2 Å². The van der Waals surface area contributed by atoms with Crippen molar-refractivity contribution in [1.82, 2.24) is 29.7 Å². The van der Waals surface area contributed by atoms with Crippen molar-refractivity contribution in [2.45, 2.75) is 12.8 Å². The van der Waals surface area contributed by atoms with Crippen LogP contribution in [0.4, 0.5) is 0 Å². The zero-order valence-electron chi connectivity index (χ0n) is 24.7. The number of terminal acetylenes is 1. The highest BCUT2D eigenvalue weighted by Gasteiger charge is 2.15. The lowest BCUT2D eigenvalue weighted by molar-refractivity contribution is 0.282. The molecular formula is C33H38N6O3. The molecule has 0 aliphatic rings. The van der Waals surface area contributed by atoms with E-state index in [0.717, 1.165) is 76.4 Å². The van der Waals surface area contributed by atoms with E-state index >= 15 is 0 Å². The number of H-pyrrole nitrogens is 2. The molecule has 0 spiro atoms. The molecule has 0 saturated heterocycles. The number of aromatic amines is 2. The van der Waals surface area contributed by atoms with Crippen molar-refractivity contribution in [3.63, 3.8) is 0 Å². The summed E-state index contributed by atoms with van der Waals surface area (Å²) in [4.78, 5) is 20.7. The van der Waals surface area contributed by atoms with Crippen molar-refractivity contribution in [2.75, 3.05) is 61.1 Å². The zero-order chi connectivity index (χ0) is 29.5. The Labute approximate surface area is 246 Å². The van der Waals surface area contributed by atoms with Crippen LogP contribution < -0.4 is 14.2 Å². The van der Waals surface area contributed by atoms with Crippen LogP contribution in [0.15, 0.2) is 54.6 Å². The SMILES string of the molecule is C#CCOc1cc(-c2nc3ccc(OCCCN(C)C)cc3[nH]2)ccc1-c1nc2ccc(OCCCN(C)C)cc2[nH]1. The Morgan fingerprint density at radius 2 is 1.29 bits per heavy atom. The topological polar surface area (TPSA) is 91.5 Å². The van der Waals surface area contributed by atoms with E-state index in [1.807, 2.05) is 54.6 Å². The van der Waals surface area contributed by atoms with Gasteiger partial charge >= 0.3 is 0 Å². The summed E-state index contributed by atoms with van der Waals surface area (Å²) in [5.74, 6) is 6.22. The van der Waals surface area contributed by atoms with Crippen molar-refractivity contribution < 1.29 is 14.2 Å². The van der Waals surface area contributed by atoms with Crippen LogP contribution in [0.3, 0.4) is 0 Å². The summed E-state index contributed by atoms with van der Waals surface area (Å²) < 4.78 is 17.9. The summed E-state index contributed by atoms with van der Waals surface area (Å²) in [5, 5.41) is 0. The van der Waals surface area contributed by atoms with Gasteiger partial charge in [0.05, 0.1) is 40.8 Å². The van der Waals surface area contributed by atoms with Crippen molar-refractivity contribution in [2.24, 2.45) is 0 Å². The molecule has 0 atom stereocenters. The quantitative estimate of drug-likeness (QED) is 0.137. The number of nitrogens with zero attached hydrogens (tertiary/aromatic N) is 4. The van der Waals surface area contributed by atoms with Crippen molar-refractivity contribution in [3.8, 4) is 52.4 Å². The maximum Gasteiger partial charge on any atom is 0.148 e. The highest BCUT2D eigenvalue weighted by molar-refractivity contribution is 5.84. The number of nitrogens with one attached hydrogen (secondary N) is 2. The van der Waals surface area contributed by atoms with Gasteiger partial charge in [0.1, 0.15) is 35.5 Å². The fourth-order valence-corrected chi connectivity index (χ4v) is 4.67. The van der Waals surface area contributed by atoms with Gasteiger partial charge in [0.15, 0.2) is 0 Å². The lowest BCUT2D eigenvalue weighted by Gasteiger charge is -2.10. The fraction of sp³-hybridized carbons (Fsp3) is 0.333. The predicted molar refractivity (Wildman–Crippen MR) is 168 cm³/mol. The molecule has 0 fully saturated rings. The van der Waals surface area contributed by atoms with Gasteiger partial charge in [-0.15, -0.1) is 6.42 Å². The van der Waals surface area contributed by atoms with E-state index in [0.29, 0.717) is 24.8 Å². The molecule has 5 rings (SSSR count). The van der Waals surface area contributed by atoms with Crippen LogP contribution in [0.1, 0.15) is 12.8 Å². The second-order valence-electron chi connectivity index (χ2n) is 10.7. The summed E-state index contributed by atoms with van der Waals surface area (Å²) >= 11 is 0. The normalized spacial score (nSPS) is 11.5. The van der Waals surface area contributed by atoms with Gasteiger partial charge in [-0.25, -0.2) is 9.97 Å². The number of fused-ring (bicyclic) bond motifs is 2. The Hall–Kier alpha value is -4.52. The molecule has 0 unspecified atom stereocenters. The van der Waals surface area contributed by atoms with Crippen LogP contribution in [0.25, 0.3) is 44.8 Å². The summed E-state index contributed by atoms with van der Waals surface area (Å²) in [5.41, 5.74) is 5.18. The largest absolute Gasteiger partial charge is 0.493 e. The number of imidazole rings is 2. The predicted octanol–water partition coefficient (Wildman–Crippen LogP) is 5.45. The highest BCUT2D eigenvalue weighted by Crippen LogP contribution is 2.34. The molecule has 0 aliphatic carbocycles. The Morgan fingerprint density at radius 3 is 1.86 bits per heavy atom. The third-order valence-electron chi connectivity index (χ3n) is 6.76. The summed E-state index contributed by atoms with van der Waals surface area (Å²) in [6, 6.07) is 17.7. The first-order valence-corrected chi connectivity index (χ1v) is 14.2. The molecule has 2 heterocycles. The van der Waals surface area contributed by atoms with E-state index in [1.54, 1.807) is 0 Å². The molecule has 0 amide bonds. The van der Waals surface area contributed by atoms with Crippen molar-refractivity contribution >= 4 is 22.1 Å². The number of ether oxygens (including phenoxy) is 3. The fourth-order valence-electron chi connectivity index (χ4n) is 4.67. The Balaban J connectivity index is 1.36. The number of benzene rings is 3. The minimum Gasteiger partial charge on any atom is -0.493 e. The van der Waals surface area contributed by atoms with Gasteiger partial charge in [0, 0.05) is 30.8 Å². The van der Waals surface area contributed by atoms with Crippen LogP contribution in [0.2, 0.25) is 0 Å². The van der Waals surface area contributed by atoms with Gasteiger partial charge < -0.3 is 34.0 Å². The molecule has 0 saturated carbocycles. The summed E-state index contributed by atoms with van der Waals surface area (Å²) in [7, 11) is 8.24. The number of hydrogen-bond donors (Lipinski definition) is 2. The van der Waals surface area contributed by atoms with E-state index in [9.17, 15) is 0 Å². The van der Waals surface area contributed by atoms with E-state index in [4.69, 9.17) is 30.6 Å². The minimum absolute atomic E-state index is 0.135. The maximum atomic E-state index is 5.98. The lowest BCUT2D eigenvalue weighted by atomic mass is 10.1. The van der Waals surface area contributed by atoms with E-state index < -0.39 is 0 Å². The molecule has 2 aromatic heterocycles. The molecule has 9 heteroatoms. The van der Waals surface area contributed by atoms with E-state index in [2.05, 4.69) is 53.9 Å². The monoisotopic (exact) mass is 566 g/mol. The lowest BCUT2D eigenvalue weighted by Crippen LogP contribution is -2.15. The van der Waals surface area contributed by atoms with Crippen LogP contribution in [-0.4, -0.2) is 90.8 Å². The molecular weight excluding hydrogens is 528 g/mol. The first-order valence-electron chi connectivity index (χ1n) is 14.2. The highest BCUT2D eigenvalue weighted by atomic mass is 16.5.